The van der Waals surface area contributed by atoms with Gasteiger partial charge < -0.3 is 10.2 Å². The largest absolute Gasteiger partial charge is 0.316 e. The van der Waals surface area contributed by atoms with Crippen molar-refractivity contribution < 1.29 is 4.79 Å². The van der Waals surface area contributed by atoms with E-state index in [9.17, 15) is 4.79 Å². The maximum Gasteiger partial charge on any atom is 0.231 e. The lowest BCUT2D eigenvalue weighted by molar-refractivity contribution is -0.122. The molecular formula is C18H22N2O. The van der Waals surface area contributed by atoms with Gasteiger partial charge in [0.15, 0.2) is 0 Å². The van der Waals surface area contributed by atoms with Gasteiger partial charge in [-0.2, -0.15) is 0 Å². The Kier molecular flexibility index (Phi) is 3.93. The standard InChI is InChI=1S/C18H22N2O/c1-3-20(18(21)16-12-19-11-13(16)2)17-10-6-8-14-7-4-5-9-15(14)17/h4-10,13,16,19H,3,11-12H2,1-2H3/t13-,16-/m1/s1. The Hall–Kier alpha value is -1.87. The van der Waals surface area contributed by atoms with Gasteiger partial charge in [-0.1, -0.05) is 43.3 Å². The van der Waals surface area contributed by atoms with Crippen LogP contribution in [-0.2, 0) is 4.79 Å². The summed E-state index contributed by atoms with van der Waals surface area (Å²) in [6.07, 6.45) is 0. The number of benzene rings is 2. The average molecular weight is 282 g/mol. The minimum Gasteiger partial charge on any atom is -0.316 e. The van der Waals surface area contributed by atoms with Gasteiger partial charge in [0.1, 0.15) is 0 Å². The molecule has 1 heterocycles. The van der Waals surface area contributed by atoms with Gasteiger partial charge in [0.25, 0.3) is 0 Å². The van der Waals surface area contributed by atoms with E-state index in [1.165, 1.54) is 5.39 Å². The number of carbonyl (C=O) groups excluding carboxylic acids is 1. The predicted octanol–water partition coefficient (Wildman–Crippen LogP) is 3.05. The second-order valence-electron chi connectivity index (χ2n) is 5.82. The molecule has 3 heteroatoms. The van der Waals surface area contributed by atoms with Gasteiger partial charge in [-0.15, -0.1) is 0 Å². The predicted molar refractivity (Wildman–Crippen MR) is 87.5 cm³/mol. The molecule has 1 fully saturated rings. The molecule has 0 aliphatic carbocycles. The minimum absolute atomic E-state index is 0.0870. The summed E-state index contributed by atoms with van der Waals surface area (Å²) in [6.45, 7) is 6.63. The normalized spacial score (nSPS) is 21.6. The molecule has 0 bridgehead atoms. The highest BCUT2D eigenvalue weighted by Crippen LogP contribution is 2.29. The van der Waals surface area contributed by atoms with E-state index >= 15 is 0 Å². The Morgan fingerprint density at radius 3 is 2.67 bits per heavy atom. The third-order valence-corrected chi connectivity index (χ3v) is 4.47. The van der Waals surface area contributed by atoms with Crippen molar-refractivity contribution in [3.63, 3.8) is 0 Å². The second kappa shape index (κ2) is 5.86. The fourth-order valence-electron chi connectivity index (χ4n) is 3.23. The fraction of sp³-hybridized carbons (Fsp3) is 0.389. The van der Waals surface area contributed by atoms with E-state index in [2.05, 4.69) is 36.5 Å². The lowest BCUT2D eigenvalue weighted by Gasteiger charge is -2.27. The van der Waals surface area contributed by atoms with Crippen molar-refractivity contribution in [2.45, 2.75) is 13.8 Å². The van der Waals surface area contributed by atoms with Crippen LogP contribution in [0.5, 0.6) is 0 Å². The first-order valence-electron chi connectivity index (χ1n) is 7.72. The number of nitrogens with zero attached hydrogens (tertiary/aromatic N) is 1. The third-order valence-electron chi connectivity index (χ3n) is 4.47. The molecule has 1 amide bonds. The molecule has 0 unspecified atom stereocenters. The smallest absolute Gasteiger partial charge is 0.231 e. The van der Waals surface area contributed by atoms with Crippen molar-refractivity contribution in [3.05, 3.63) is 42.5 Å². The van der Waals surface area contributed by atoms with Crippen molar-refractivity contribution >= 4 is 22.4 Å². The molecule has 2 atom stereocenters. The number of anilines is 1. The molecule has 0 saturated carbocycles. The average Bonchev–Trinajstić information content (AvgIpc) is 2.94. The summed E-state index contributed by atoms with van der Waals surface area (Å²) >= 11 is 0. The number of nitrogens with one attached hydrogen (secondary N) is 1. The summed E-state index contributed by atoms with van der Waals surface area (Å²) in [7, 11) is 0. The SMILES string of the molecule is CCN(C(=O)[C@@H]1CNC[C@H]1C)c1cccc2ccccc12. The topological polar surface area (TPSA) is 32.3 Å². The molecule has 1 saturated heterocycles. The lowest BCUT2D eigenvalue weighted by Crippen LogP contribution is -2.39. The van der Waals surface area contributed by atoms with Crippen LogP contribution in [0.4, 0.5) is 5.69 Å². The molecule has 0 aromatic heterocycles. The maximum atomic E-state index is 12.9. The first kappa shape index (κ1) is 14.1. The number of amides is 1. The zero-order chi connectivity index (χ0) is 14.8. The summed E-state index contributed by atoms with van der Waals surface area (Å²) in [5.74, 6) is 0.733. The van der Waals surface area contributed by atoms with Crippen LogP contribution >= 0.6 is 0 Å². The molecule has 1 N–H and O–H groups in total. The summed E-state index contributed by atoms with van der Waals surface area (Å²) in [5.41, 5.74) is 1.03. The van der Waals surface area contributed by atoms with Crippen LogP contribution in [-0.4, -0.2) is 25.5 Å². The van der Waals surface area contributed by atoms with Gasteiger partial charge in [-0.25, -0.2) is 0 Å². The molecule has 2 aromatic carbocycles. The minimum atomic E-state index is 0.0870. The van der Waals surface area contributed by atoms with E-state index in [4.69, 9.17) is 0 Å². The molecule has 2 aromatic rings. The van der Waals surface area contributed by atoms with Crippen LogP contribution in [0.3, 0.4) is 0 Å². The number of hydrogen-bond donors (Lipinski definition) is 1. The monoisotopic (exact) mass is 282 g/mol. The van der Waals surface area contributed by atoms with Crippen molar-refractivity contribution in [1.82, 2.24) is 5.32 Å². The second-order valence-corrected chi connectivity index (χ2v) is 5.82. The fourth-order valence-corrected chi connectivity index (χ4v) is 3.23. The quantitative estimate of drug-likeness (QED) is 0.938. The summed E-state index contributed by atoms with van der Waals surface area (Å²) in [5, 5.41) is 5.65. The molecule has 0 spiro atoms. The first-order chi connectivity index (χ1) is 10.2. The van der Waals surface area contributed by atoms with Crippen molar-refractivity contribution in [2.75, 3.05) is 24.5 Å². The molecule has 110 valence electrons. The van der Waals surface area contributed by atoms with Gasteiger partial charge in [0, 0.05) is 18.5 Å². The number of carbonyl (C=O) groups is 1. The number of rotatable bonds is 3. The lowest BCUT2D eigenvalue weighted by atomic mass is 9.96. The van der Waals surface area contributed by atoms with Crippen LogP contribution in [0.1, 0.15) is 13.8 Å². The Morgan fingerprint density at radius 2 is 1.95 bits per heavy atom. The van der Waals surface area contributed by atoms with Gasteiger partial charge in [0.05, 0.1) is 11.6 Å². The van der Waals surface area contributed by atoms with Gasteiger partial charge >= 0.3 is 0 Å². The summed E-state index contributed by atoms with van der Waals surface area (Å²) < 4.78 is 0. The Labute approximate surface area is 125 Å². The van der Waals surface area contributed by atoms with Crippen molar-refractivity contribution in [3.8, 4) is 0 Å². The molecule has 1 aliphatic heterocycles. The highest BCUT2D eigenvalue weighted by molar-refractivity contribution is 6.04. The van der Waals surface area contributed by atoms with Crippen LogP contribution in [0.2, 0.25) is 0 Å². The van der Waals surface area contributed by atoms with E-state index in [-0.39, 0.29) is 11.8 Å². The van der Waals surface area contributed by atoms with Gasteiger partial charge in [0.2, 0.25) is 5.91 Å². The van der Waals surface area contributed by atoms with E-state index in [1.807, 2.05) is 30.0 Å². The Bertz CT molecular complexity index is 647. The maximum absolute atomic E-state index is 12.9. The Balaban J connectivity index is 2.00. The summed E-state index contributed by atoms with van der Waals surface area (Å²) in [4.78, 5) is 14.9. The van der Waals surface area contributed by atoms with Crippen molar-refractivity contribution in [2.24, 2.45) is 11.8 Å². The highest BCUT2D eigenvalue weighted by Gasteiger charge is 2.33. The van der Waals surface area contributed by atoms with E-state index < -0.39 is 0 Å². The Morgan fingerprint density at radius 1 is 1.19 bits per heavy atom. The highest BCUT2D eigenvalue weighted by atomic mass is 16.2. The molecule has 0 radical (unpaired) electrons. The van der Waals surface area contributed by atoms with Crippen LogP contribution in [0.15, 0.2) is 42.5 Å². The van der Waals surface area contributed by atoms with Gasteiger partial charge in [-0.05, 0) is 30.8 Å². The van der Waals surface area contributed by atoms with Crippen LogP contribution < -0.4 is 10.2 Å². The van der Waals surface area contributed by atoms with Gasteiger partial charge in [-0.3, -0.25) is 4.79 Å². The zero-order valence-electron chi connectivity index (χ0n) is 12.7. The zero-order valence-corrected chi connectivity index (χ0v) is 12.7. The van der Waals surface area contributed by atoms with Crippen LogP contribution in [0, 0.1) is 11.8 Å². The molecule has 21 heavy (non-hydrogen) atoms. The molecular weight excluding hydrogens is 260 g/mol. The van der Waals surface area contributed by atoms with Crippen molar-refractivity contribution in [1.29, 1.82) is 0 Å². The van der Waals surface area contributed by atoms with Crippen LogP contribution in [0.25, 0.3) is 10.8 Å². The van der Waals surface area contributed by atoms with E-state index in [0.29, 0.717) is 12.5 Å². The number of hydrogen-bond acceptors (Lipinski definition) is 2. The number of fused-ring (bicyclic) bond motifs is 1. The molecule has 3 nitrogen and oxygen atoms in total. The third kappa shape index (κ3) is 2.54. The molecule has 3 rings (SSSR count). The first-order valence-corrected chi connectivity index (χ1v) is 7.72. The summed E-state index contributed by atoms with van der Waals surface area (Å²) in [6, 6.07) is 14.4. The van der Waals surface area contributed by atoms with E-state index in [1.54, 1.807) is 0 Å². The molecule has 1 aliphatic rings. The van der Waals surface area contributed by atoms with E-state index in [0.717, 1.165) is 24.2 Å².